The van der Waals surface area contributed by atoms with E-state index in [1.54, 1.807) is 13.1 Å². The van der Waals surface area contributed by atoms with Gasteiger partial charge in [-0.05, 0) is 18.9 Å². The lowest BCUT2D eigenvalue weighted by Gasteiger charge is -2.30. The van der Waals surface area contributed by atoms with E-state index in [2.05, 4.69) is 5.10 Å². The van der Waals surface area contributed by atoms with Crippen molar-refractivity contribution in [2.45, 2.75) is 12.8 Å². The monoisotopic (exact) mass is 237 g/mol. The van der Waals surface area contributed by atoms with Gasteiger partial charge in [0.15, 0.2) is 0 Å². The van der Waals surface area contributed by atoms with Crippen molar-refractivity contribution in [3.8, 4) is 0 Å². The third-order valence-electron chi connectivity index (χ3n) is 3.11. The molecule has 0 radical (unpaired) electrons. The third-order valence-corrected chi connectivity index (χ3v) is 3.11. The molecule has 92 valence electrons. The Labute approximate surface area is 98.5 Å². The Hall–Kier alpha value is -1.85. The van der Waals surface area contributed by atoms with Gasteiger partial charge in [-0.3, -0.25) is 9.59 Å². The summed E-state index contributed by atoms with van der Waals surface area (Å²) in [5, 5.41) is 13.0. The molecule has 2 heterocycles. The Morgan fingerprint density at radius 3 is 2.59 bits per heavy atom. The summed E-state index contributed by atoms with van der Waals surface area (Å²) >= 11 is 0. The number of anilines is 1. The highest BCUT2D eigenvalue weighted by Crippen LogP contribution is 2.20. The van der Waals surface area contributed by atoms with Crippen LogP contribution in [-0.2, 0) is 11.8 Å². The second-order valence-corrected chi connectivity index (χ2v) is 4.25. The fourth-order valence-electron chi connectivity index (χ4n) is 2.01. The predicted molar refractivity (Wildman–Crippen MR) is 62.1 cm³/mol. The Kier molecular flexibility index (Phi) is 3.12. The van der Waals surface area contributed by atoms with Crippen molar-refractivity contribution in [3.05, 3.63) is 22.5 Å². The van der Waals surface area contributed by atoms with Crippen molar-refractivity contribution >= 4 is 11.8 Å². The molecule has 1 aromatic rings. The highest BCUT2D eigenvalue weighted by Gasteiger charge is 2.25. The van der Waals surface area contributed by atoms with E-state index in [4.69, 9.17) is 5.11 Å². The number of carbonyl (C=O) groups is 1. The molecule has 1 aliphatic heterocycles. The van der Waals surface area contributed by atoms with Gasteiger partial charge in [-0.2, -0.15) is 5.10 Å². The molecule has 0 amide bonds. The number of aryl methyl sites for hydroxylation is 1. The van der Waals surface area contributed by atoms with Gasteiger partial charge in [-0.1, -0.05) is 0 Å². The summed E-state index contributed by atoms with van der Waals surface area (Å²) in [6.45, 7) is 1.34. The lowest BCUT2D eigenvalue weighted by Crippen LogP contribution is -2.37. The van der Waals surface area contributed by atoms with Crippen LogP contribution in [-0.4, -0.2) is 33.9 Å². The lowest BCUT2D eigenvalue weighted by molar-refractivity contribution is -0.142. The molecular weight excluding hydrogens is 222 g/mol. The minimum atomic E-state index is -0.724. The van der Waals surface area contributed by atoms with E-state index in [1.807, 2.05) is 4.90 Å². The van der Waals surface area contributed by atoms with Gasteiger partial charge in [0.2, 0.25) is 0 Å². The zero-order valence-electron chi connectivity index (χ0n) is 9.67. The fourth-order valence-corrected chi connectivity index (χ4v) is 2.01. The number of rotatable bonds is 2. The van der Waals surface area contributed by atoms with Crippen LogP contribution in [0.4, 0.5) is 5.82 Å². The van der Waals surface area contributed by atoms with Crippen molar-refractivity contribution in [1.29, 1.82) is 0 Å². The van der Waals surface area contributed by atoms with E-state index in [0.717, 1.165) is 5.82 Å². The number of aliphatic carboxylic acids is 1. The first-order chi connectivity index (χ1) is 8.08. The molecule has 1 fully saturated rings. The van der Waals surface area contributed by atoms with Crippen LogP contribution < -0.4 is 10.5 Å². The maximum atomic E-state index is 11.2. The summed E-state index contributed by atoms with van der Waals surface area (Å²) in [6, 6.07) is 3.16. The van der Waals surface area contributed by atoms with Crippen molar-refractivity contribution in [3.63, 3.8) is 0 Å². The van der Waals surface area contributed by atoms with Gasteiger partial charge in [0.25, 0.3) is 5.56 Å². The summed E-state index contributed by atoms with van der Waals surface area (Å²) in [6.07, 6.45) is 1.25. The second kappa shape index (κ2) is 4.57. The van der Waals surface area contributed by atoms with Crippen LogP contribution in [0.5, 0.6) is 0 Å². The zero-order valence-corrected chi connectivity index (χ0v) is 9.67. The van der Waals surface area contributed by atoms with Crippen LogP contribution >= 0.6 is 0 Å². The standard InChI is InChI=1S/C11H15N3O3/c1-13-10(15)3-2-9(12-13)14-6-4-8(5-7-14)11(16)17/h2-3,8H,4-7H2,1H3,(H,16,17). The average Bonchev–Trinajstić information content (AvgIpc) is 2.33. The Bertz CT molecular complexity index is 475. The lowest BCUT2D eigenvalue weighted by atomic mass is 9.97. The van der Waals surface area contributed by atoms with Gasteiger partial charge < -0.3 is 10.0 Å². The molecule has 0 atom stereocenters. The highest BCUT2D eigenvalue weighted by atomic mass is 16.4. The smallest absolute Gasteiger partial charge is 0.306 e. The number of aromatic nitrogens is 2. The number of hydrogen-bond acceptors (Lipinski definition) is 4. The van der Waals surface area contributed by atoms with E-state index < -0.39 is 5.97 Å². The van der Waals surface area contributed by atoms with Crippen LogP contribution in [0, 0.1) is 5.92 Å². The number of hydrogen-bond donors (Lipinski definition) is 1. The van der Waals surface area contributed by atoms with E-state index in [1.165, 1.54) is 10.7 Å². The number of carboxylic acid groups (broad SMARTS) is 1. The number of carboxylic acids is 1. The molecule has 0 unspecified atom stereocenters. The molecule has 0 saturated carbocycles. The maximum Gasteiger partial charge on any atom is 0.306 e. The minimum absolute atomic E-state index is 0.144. The molecule has 0 aromatic carbocycles. The molecule has 0 aliphatic carbocycles. The summed E-state index contributed by atoms with van der Waals surface area (Å²) in [4.78, 5) is 24.0. The van der Waals surface area contributed by atoms with Crippen LogP contribution in [0.15, 0.2) is 16.9 Å². The molecule has 1 saturated heterocycles. The van der Waals surface area contributed by atoms with Crippen LogP contribution in [0.25, 0.3) is 0 Å². The average molecular weight is 237 g/mol. The van der Waals surface area contributed by atoms with Crippen molar-refractivity contribution < 1.29 is 9.90 Å². The predicted octanol–water partition coefficient (Wildman–Crippen LogP) is 0.0813. The Morgan fingerprint density at radius 1 is 1.41 bits per heavy atom. The summed E-state index contributed by atoms with van der Waals surface area (Å²) in [5.74, 6) is -0.243. The summed E-state index contributed by atoms with van der Waals surface area (Å²) in [7, 11) is 1.61. The van der Waals surface area contributed by atoms with E-state index in [0.29, 0.717) is 25.9 Å². The van der Waals surface area contributed by atoms with E-state index in [9.17, 15) is 9.59 Å². The topological polar surface area (TPSA) is 75.4 Å². The van der Waals surface area contributed by atoms with Crippen LogP contribution in [0.1, 0.15) is 12.8 Å². The molecule has 6 nitrogen and oxygen atoms in total. The molecule has 17 heavy (non-hydrogen) atoms. The third kappa shape index (κ3) is 2.46. The first-order valence-corrected chi connectivity index (χ1v) is 5.60. The largest absolute Gasteiger partial charge is 0.481 e. The molecular formula is C11H15N3O3. The first kappa shape index (κ1) is 11.6. The van der Waals surface area contributed by atoms with Gasteiger partial charge in [-0.25, -0.2) is 4.68 Å². The number of piperidine rings is 1. The summed E-state index contributed by atoms with van der Waals surface area (Å²) < 4.78 is 1.29. The van der Waals surface area contributed by atoms with Gasteiger partial charge >= 0.3 is 5.97 Å². The molecule has 0 spiro atoms. The van der Waals surface area contributed by atoms with Gasteiger partial charge in [0.05, 0.1) is 5.92 Å². The second-order valence-electron chi connectivity index (χ2n) is 4.25. The van der Waals surface area contributed by atoms with Crippen LogP contribution in [0.3, 0.4) is 0 Å². The molecule has 6 heteroatoms. The first-order valence-electron chi connectivity index (χ1n) is 5.60. The van der Waals surface area contributed by atoms with Crippen molar-refractivity contribution in [2.24, 2.45) is 13.0 Å². The van der Waals surface area contributed by atoms with E-state index >= 15 is 0 Å². The SMILES string of the molecule is Cn1nc(N2CCC(C(=O)O)CC2)ccc1=O. The van der Waals surface area contributed by atoms with Crippen molar-refractivity contribution in [2.75, 3.05) is 18.0 Å². The molecule has 1 aromatic heterocycles. The minimum Gasteiger partial charge on any atom is -0.481 e. The molecule has 1 aliphatic rings. The van der Waals surface area contributed by atoms with Gasteiger partial charge in [-0.15, -0.1) is 0 Å². The number of nitrogens with zero attached hydrogens (tertiary/aromatic N) is 3. The Morgan fingerprint density at radius 2 is 2.06 bits per heavy atom. The normalized spacial score (nSPS) is 17.1. The summed E-state index contributed by atoms with van der Waals surface area (Å²) in [5.41, 5.74) is -0.144. The molecule has 0 bridgehead atoms. The zero-order chi connectivity index (χ0) is 12.4. The maximum absolute atomic E-state index is 11.2. The van der Waals surface area contributed by atoms with E-state index in [-0.39, 0.29) is 11.5 Å². The van der Waals surface area contributed by atoms with Gasteiger partial charge in [0, 0.05) is 26.2 Å². The van der Waals surface area contributed by atoms with Crippen molar-refractivity contribution in [1.82, 2.24) is 9.78 Å². The molecule has 1 N–H and O–H groups in total. The van der Waals surface area contributed by atoms with Crippen LogP contribution in [0.2, 0.25) is 0 Å². The van der Waals surface area contributed by atoms with Gasteiger partial charge in [0.1, 0.15) is 5.82 Å². The molecule has 2 rings (SSSR count). The highest BCUT2D eigenvalue weighted by molar-refractivity contribution is 5.70. The fraction of sp³-hybridized carbons (Fsp3) is 0.545. The quantitative estimate of drug-likeness (QED) is 0.788. The Balaban J connectivity index is 2.08.